The quantitative estimate of drug-likeness (QED) is 0.548. The van der Waals surface area contributed by atoms with E-state index in [2.05, 4.69) is 34.9 Å². The summed E-state index contributed by atoms with van der Waals surface area (Å²) in [4.78, 5) is 37.6. The van der Waals surface area contributed by atoms with Crippen molar-refractivity contribution in [3.8, 4) is 11.1 Å². The maximum Gasteiger partial charge on any atom is 0.408 e. The highest BCUT2D eigenvalue weighted by molar-refractivity contribution is 5.92. The average molecular weight is 477 g/mol. The Balaban J connectivity index is 1.27. The number of ether oxygens (including phenoxy) is 1. The van der Waals surface area contributed by atoms with Crippen molar-refractivity contribution in [3.63, 3.8) is 0 Å². The third-order valence-electron chi connectivity index (χ3n) is 8.39. The van der Waals surface area contributed by atoms with Crippen molar-refractivity contribution in [2.24, 2.45) is 11.3 Å². The van der Waals surface area contributed by atoms with Gasteiger partial charge in [-0.15, -0.1) is 0 Å². The number of carbonyl (C=O) groups is 3. The number of hydrogen-bond acceptors (Lipinski definition) is 4. The fourth-order valence-electron chi connectivity index (χ4n) is 6.08. The molecule has 2 aromatic rings. The smallest absolute Gasteiger partial charge is 0.408 e. The number of rotatable bonds is 7. The third kappa shape index (κ3) is 4.07. The Hall–Kier alpha value is -3.35. The maximum absolute atomic E-state index is 13.3. The van der Waals surface area contributed by atoms with E-state index >= 15 is 0 Å². The van der Waals surface area contributed by atoms with Gasteiger partial charge in [0, 0.05) is 12.0 Å². The Bertz CT molecular complexity index is 1120. The minimum absolute atomic E-state index is 0.0614. The van der Waals surface area contributed by atoms with Crippen LogP contribution in [0.2, 0.25) is 0 Å². The SMILES string of the molecule is CC(NC(=O)C1(NC(=O)OCC2c3ccccc3-c3ccccc32)CC2(CCC2)C1)C(C)C(=O)O. The molecular weight excluding hydrogens is 444 g/mol. The van der Waals surface area contributed by atoms with Crippen LogP contribution >= 0.6 is 0 Å². The molecule has 2 fully saturated rings. The third-order valence-corrected chi connectivity index (χ3v) is 8.39. The van der Waals surface area contributed by atoms with E-state index in [-0.39, 0.29) is 23.8 Å². The summed E-state index contributed by atoms with van der Waals surface area (Å²) in [6.45, 7) is 3.41. The van der Waals surface area contributed by atoms with Gasteiger partial charge in [0.15, 0.2) is 0 Å². The molecule has 2 atom stereocenters. The van der Waals surface area contributed by atoms with E-state index in [4.69, 9.17) is 4.74 Å². The first-order valence-electron chi connectivity index (χ1n) is 12.4. The van der Waals surface area contributed by atoms with Crippen molar-refractivity contribution < 1.29 is 24.2 Å². The lowest BCUT2D eigenvalue weighted by Crippen LogP contribution is -2.71. The number of carbonyl (C=O) groups excluding carboxylic acids is 2. The number of amides is 2. The first-order chi connectivity index (χ1) is 16.7. The van der Waals surface area contributed by atoms with Crippen LogP contribution in [0.25, 0.3) is 11.1 Å². The summed E-state index contributed by atoms with van der Waals surface area (Å²) < 4.78 is 5.71. The molecule has 2 saturated carbocycles. The van der Waals surface area contributed by atoms with Gasteiger partial charge in [-0.05, 0) is 67.2 Å². The van der Waals surface area contributed by atoms with Gasteiger partial charge in [-0.2, -0.15) is 0 Å². The number of carboxylic acid groups (broad SMARTS) is 1. The van der Waals surface area contributed by atoms with E-state index in [1.165, 1.54) is 0 Å². The molecule has 3 aliphatic carbocycles. The topological polar surface area (TPSA) is 105 Å². The molecule has 2 unspecified atom stereocenters. The molecule has 2 amide bonds. The van der Waals surface area contributed by atoms with Gasteiger partial charge >= 0.3 is 12.1 Å². The number of nitrogens with one attached hydrogen (secondary N) is 2. The highest BCUT2D eigenvalue weighted by Gasteiger charge is 2.62. The van der Waals surface area contributed by atoms with E-state index in [0.29, 0.717) is 12.8 Å². The van der Waals surface area contributed by atoms with Crippen LogP contribution in [-0.2, 0) is 14.3 Å². The van der Waals surface area contributed by atoms with Crippen LogP contribution in [0, 0.1) is 11.3 Å². The lowest BCUT2D eigenvalue weighted by molar-refractivity contribution is -0.147. The molecule has 1 spiro atoms. The summed E-state index contributed by atoms with van der Waals surface area (Å²) in [6.07, 6.45) is 3.74. The normalized spacial score (nSPS) is 20.4. The number of aliphatic carboxylic acids is 1. The van der Waals surface area contributed by atoms with Crippen LogP contribution in [-0.4, -0.2) is 41.3 Å². The molecule has 184 valence electrons. The summed E-state index contributed by atoms with van der Waals surface area (Å²) in [7, 11) is 0. The van der Waals surface area contributed by atoms with Crippen molar-refractivity contribution in [1.82, 2.24) is 10.6 Å². The first-order valence-corrected chi connectivity index (χ1v) is 12.4. The highest BCUT2D eigenvalue weighted by Crippen LogP contribution is 2.60. The monoisotopic (exact) mass is 476 g/mol. The zero-order valence-electron chi connectivity index (χ0n) is 20.2. The Morgan fingerprint density at radius 3 is 2.09 bits per heavy atom. The first kappa shape index (κ1) is 23.4. The second kappa shape index (κ2) is 8.70. The van der Waals surface area contributed by atoms with Crippen molar-refractivity contribution in [1.29, 1.82) is 0 Å². The Morgan fingerprint density at radius 2 is 1.57 bits per heavy atom. The molecule has 2 aromatic carbocycles. The van der Waals surface area contributed by atoms with Gasteiger partial charge in [-0.1, -0.05) is 55.0 Å². The molecule has 0 aromatic heterocycles. The van der Waals surface area contributed by atoms with Gasteiger partial charge in [0.2, 0.25) is 5.91 Å². The van der Waals surface area contributed by atoms with Gasteiger partial charge in [0.1, 0.15) is 12.1 Å². The molecule has 5 rings (SSSR count). The summed E-state index contributed by atoms with van der Waals surface area (Å²) in [5.41, 5.74) is 3.61. The van der Waals surface area contributed by atoms with Crippen molar-refractivity contribution >= 4 is 18.0 Å². The van der Waals surface area contributed by atoms with Gasteiger partial charge in [-0.3, -0.25) is 9.59 Å². The second-order valence-corrected chi connectivity index (χ2v) is 10.6. The average Bonchev–Trinajstić information content (AvgIpc) is 3.11. The van der Waals surface area contributed by atoms with Crippen LogP contribution in [0.3, 0.4) is 0 Å². The zero-order valence-corrected chi connectivity index (χ0v) is 20.2. The van der Waals surface area contributed by atoms with Crippen LogP contribution in [0.1, 0.15) is 63.0 Å². The fourth-order valence-corrected chi connectivity index (χ4v) is 6.08. The molecule has 7 nitrogen and oxygen atoms in total. The molecule has 3 aliphatic rings. The number of hydrogen-bond donors (Lipinski definition) is 3. The number of carboxylic acids is 1. The lowest BCUT2D eigenvalue weighted by atomic mass is 9.48. The largest absolute Gasteiger partial charge is 0.481 e. The molecule has 7 heteroatoms. The molecule has 0 saturated heterocycles. The van der Waals surface area contributed by atoms with Crippen LogP contribution in [0.15, 0.2) is 48.5 Å². The second-order valence-electron chi connectivity index (χ2n) is 10.6. The summed E-state index contributed by atoms with van der Waals surface area (Å²) in [6, 6.07) is 15.7. The fraction of sp³-hybridized carbons (Fsp3) is 0.464. The van der Waals surface area contributed by atoms with Crippen LogP contribution in [0.4, 0.5) is 4.79 Å². The molecule has 3 N–H and O–H groups in total. The molecule has 0 bridgehead atoms. The van der Waals surface area contributed by atoms with E-state index in [1.54, 1.807) is 13.8 Å². The summed E-state index contributed by atoms with van der Waals surface area (Å²) >= 11 is 0. The van der Waals surface area contributed by atoms with E-state index < -0.39 is 29.6 Å². The molecule has 0 heterocycles. The molecule has 35 heavy (non-hydrogen) atoms. The van der Waals surface area contributed by atoms with Gasteiger partial charge in [-0.25, -0.2) is 4.79 Å². The van der Waals surface area contributed by atoms with E-state index in [9.17, 15) is 19.5 Å². The van der Waals surface area contributed by atoms with Crippen molar-refractivity contribution in [3.05, 3.63) is 59.7 Å². The minimum Gasteiger partial charge on any atom is -0.481 e. The van der Waals surface area contributed by atoms with Crippen LogP contribution < -0.4 is 10.6 Å². The standard InChI is InChI=1S/C28H32N2O5/c1-17(24(31)32)18(2)29-25(33)28(15-27(16-28)12-7-13-27)30-26(34)35-14-23-21-10-5-3-8-19(21)20-9-4-6-11-22(20)23/h3-6,8-11,17-18,23H,7,12-16H2,1-2H3,(H,29,33)(H,30,34)(H,31,32). The molecule has 0 aliphatic heterocycles. The summed E-state index contributed by atoms with van der Waals surface area (Å²) in [5, 5.41) is 15.0. The zero-order chi connectivity index (χ0) is 24.8. The maximum atomic E-state index is 13.3. The minimum atomic E-state index is -1.06. The predicted octanol–water partition coefficient (Wildman–Crippen LogP) is 4.45. The number of alkyl carbamates (subject to hydrolysis) is 1. The van der Waals surface area contributed by atoms with Crippen molar-refractivity contribution in [2.75, 3.05) is 6.61 Å². The predicted molar refractivity (Wildman–Crippen MR) is 131 cm³/mol. The van der Waals surface area contributed by atoms with Gasteiger partial charge in [0.05, 0.1) is 5.92 Å². The molecule has 0 radical (unpaired) electrons. The lowest BCUT2D eigenvalue weighted by Gasteiger charge is -2.59. The Morgan fingerprint density at radius 1 is 1.00 bits per heavy atom. The van der Waals surface area contributed by atoms with Gasteiger partial charge < -0.3 is 20.5 Å². The highest BCUT2D eigenvalue weighted by atomic mass is 16.5. The van der Waals surface area contributed by atoms with Crippen LogP contribution in [0.5, 0.6) is 0 Å². The molecular formula is C28H32N2O5. The van der Waals surface area contributed by atoms with Crippen molar-refractivity contribution in [2.45, 2.75) is 63.5 Å². The number of fused-ring (bicyclic) bond motifs is 3. The van der Waals surface area contributed by atoms with Gasteiger partial charge in [0.25, 0.3) is 0 Å². The number of benzene rings is 2. The summed E-state index contributed by atoms with van der Waals surface area (Å²) in [5.74, 6) is -2.10. The Kier molecular flexibility index (Phi) is 5.82. The Labute approximate surface area is 205 Å². The van der Waals surface area contributed by atoms with E-state index in [0.717, 1.165) is 41.5 Å². The van der Waals surface area contributed by atoms with E-state index in [1.807, 2.05) is 24.3 Å².